The maximum absolute atomic E-state index is 14.0. The van der Waals surface area contributed by atoms with Gasteiger partial charge in [-0.25, -0.2) is 8.42 Å². The van der Waals surface area contributed by atoms with Crippen molar-refractivity contribution >= 4 is 50.7 Å². The molecule has 0 bridgehead atoms. The minimum absolute atomic E-state index is 0.0783. The lowest BCUT2D eigenvalue weighted by atomic mass is 10.0. The lowest BCUT2D eigenvalue weighted by Gasteiger charge is -2.34. The number of amides is 2. The summed E-state index contributed by atoms with van der Waals surface area (Å²) in [4.78, 5) is 28.7. The number of halogens is 5. The Balaban J connectivity index is 2.10. The van der Waals surface area contributed by atoms with E-state index in [9.17, 15) is 31.2 Å². The second-order valence-electron chi connectivity index (χ2n) is 9.96. The van der Waals surface area contributed by atoms with Crippen LogP contribution in [0.2, 0.25) is 10.0 Å². The van der Waals surface area contributed by atoms with Gasteiger partial charge in [0.1, 0.15) is 12.6 Å². The highest BCUT2D eigenvalue weighted by Crippen LogP contribution is 2.32. The Kier molecular flexibility index (Phi) is 10.9. The third-order valence-corrected chi connectivity index (χ3v) is 8.06. The number of benzene rings is 3. The fourth-order valence-corrected chi connectivity index (χ4v) is 5.38. The second kappa shape index (κ2) is 13.8. The molecule has 13 heteroatoms. The first-order chi connectivity index (χ1) is 19.6. The standard InChI is InChI=1S/C29H30Cl2F3N3O4S/c1-19(2)35-28(39)26(15-20-8-5-4-6-9-20)36(17-21-12-13-24(30)25(31)14-21)27(38)18-37(42(3,40)41)23-11-7-10-22(16-23)29(32,33)34/h4-14,16,19,26H,15,17-18H2,1-3H3,(H,35,39)/t26-/m1/s1. The summed E-state index contributed by atoms with van der Waals surface area (Å²) in [6, 6.07) is 15.8. The molecule has 0 aromatic heterocycles. The quantitative estimate of drug-likeness (QED) is 0.280. The Hall–Kier alpha value is -3.28. The van der Waals surface area contributed by atoms with Gasteiger partial charge >= 0.3 is 6.18 Å². The van der Waals surface area contributed by atoms with Crippen LogP contribution in [-0.4, -0.2) is 50.0 Å². The van der Waals surface area contributed by atoms with Gasteiger partial charge in [0.2, 0.25) is 21.8 Å². The summed E-state index contributed by atoms with van der Waals surface area (Å²) in [5.41, 5.74) is -0.197. The van der Waals surface area contributed by atoms with Gasteiger partial charge in [0.25, 0.3) is 0 Å². The molecule has 42 heavy (non-hydrogen) atoms. The highest BCUT2D eigenvalue weighted by molar-refractivity contribution is 7.92. The number of hydrogen-bond donors (Lipinski definition) is 1. The monoisotopic (exact) mass is 643 g/mol. The van der Waals surface area contributed by atoms with Crippen LogP contribution in [0.15, 0.2) is 72.8 Å². The van der Waals surface area contributed by atoms with E-state index in [-0.39, 0.29) is 34.7 Å². The van der Waals surface area contributed by atoms with Crippen molar-refractivity contribution in [3.05, 3.63) is 99.5 Å². The number of carbonyl (C=O) groups is 2. The molecule has 0 saturated heterocycles. The van der Waals surface area contributed by atoms with E-state index in [4.69, 9.17) is 23.2 Å². The zero-order chi connectivity index (χ0) is 31.2. The minimum atomic E-state index is -4.74. The third kappa shape index (κ3) is 9.11. The first kappa shape index (κ1) is 33.2. The lowest BCUT2D eigenvalue weighted by molar-refractivity contribution is -0.140. The van der Waals surface area contributed by atoms with Crippen LogP contribution in [0, 0.1) is 0 Å². The molecule has 0 unspecified atom stereocenters. The van der Waals surface area contributed by atoms with Crippen LogP contribution < -0.4 is 9.62 Å². The largest absolute Gasteiger partial charge is 0.416 e. The Labute approximate surface area is 253 Å². The highest BCUT2D eigenvalue weighted by atomic mass is 35.5. The van der Waals surface area contributed by atoms with Gasteiger partial charge in [-0.15, -0.1) is 0 Å². The molecule has 1 atom stereocenters. The third-order valence-electron chi connectivity index (χ3n) is 6.18. The zero-order valence-electron chi connectivity index (χ0n) is 23.0. The predicted octanol–water partition coefficient (Wildman–Crippen LogP) is 5.94. The molecule has 0 radical (unpaired) electrons. The summed E-state index contributed by atoms with van der Waals surface area (Å²) in [6.45, 7) is 2.48. The molecule has 3 aromatic rings. The normalized spacial score (nSPS) is 12.6. The average molecular weight is 645 g/mol. The molecule has 0 aliphatic rings. The molecular formula is C29H30Cl2F3N3O4S. The summed E-state index contributed by atoms with van der Waals surface area (Å²) < 4.78 is 66.4. The number of hydrogen-bond acceptors (Lipinski definition) is 4. The van der Waals surface area contributed by atoms with Crippen molar-refractivity contribution in [1.82, 2.24) is 10.2 Å². The van der Waals surface area contributed by atoms with E-state index in [0.29, 0.717) is 15.9 Å². The summed E-state index contributed by atoms with van der Waals surface area (Å²) in [6.07, 6.45) is -3.87. The lowest BCUT2D eigenvalue weighted by Crippen LogP contribution is -2.54. The number of sulfonamides is 1. The SMILES string of the molecule is CC(C)NC(=O)[C@@H](Cc1ccccc1)N(Cc1ccc(Cl)c(Cl)c1)C(=O)CN(c1cccc(C(F)(F)F)c1)S(C)(=O)=O. The van der Waals surface area contributed by atoms with Gasteiger partial charge in [0, 0.05) is 19.0 Å². The van der Waals surface area contributed by atoms with E-state index in [1.807, 2.05) is 0 Å². The van der Waals surface area contributed by atoms with Crippen LogP contribution in [0.5, 0.6) is 0 Å². The summed E-state index contributed by atoms with van der Waals surface area (Å²) >= 11 is 12.3. The van der Waals surface area contributed by atoms with E-state index in [2.05, 4.69) is 5.32 Å². The molecule has 0 aliphatic heterocycles. The predicted molar refractivity (Wildman–Crippen MR) is 158 cm³/mol. The van der Waals surface area contributed by atoms with Crippen molar-refractivity contribution in [1.29, 1.82) is 0 Å². The Bertz CT molecular complexity index is 1520. The van der Waals surface area contributed by atoms with Gasteiger partial charge in [0.15, 0.2) is 0 Å². The van der Waals surface area contributed by atoms with E-state index in [1.54, 1.807) is 50.2 Å². The molecule has 0 saturated carbocycles. The Morgan fingerprint density at radius 3 is 2.14 bits per heavy atom. The van der Waals surface area contributed by atoms with Crippen LogP contribution in [0.4, 0.5) is 18.9 Å². The number of carbonyl (C=O) groups excluding carboxylic acids is 2. The molecule has 2 amide bonds. The second-order valence-corrected chi connectivity index (χ2v) is 12.7. The zero-order valence-corrected chi connectivity index (χ0v) is 25.4. The van der Waals surface area contributed by atoms with E-state index >= 15 is 0 Å². The first-order valence-corrected chi connectivity index (χ1v) is 15.4. The fraction of sp³-hybridized carbons (Fsp3) is 0.310. The smallest absolute Gasteiger partial charge is 0.352 e. The van der Waals surface area contributed by atoms with Crippen LogP contribution in [0.25, 0.3) is 0 Å². The van der Waals surface area contributed by atoms with Gasteiger partial charge in [-0.3, -0.25) is 13.9 Å². The number of alkyl halides is 3. The molecular weight excluding hydrogens is 614 g/mol. The van der Waals surface area contributed by atoms with Crippen molar-refractivity contribution in [2.75, 3.05) is 17.1 Å². The molecule has 1 N–H and O–H groups in total. The average Bonchev–Trinajstić information content (AvgIpc) is 2.90. The van der Waals surface area contributed by atoms with Gasteiger partial charge in [0.05, 0.1) is 27.6 Å². The van der Waals surface area contributed by atoms with E-state index in [1.165, 1.54) is 23.1 Å². The minimum Gasteiger partial charge on any atom is -0.352 e. The molecule has 226 valence electrons. The van der Waals surface area contributed by atoms with Gasteiger partial charge in [-0.05, 0) is 55.3 Å². The van der Waals surface area contributed by atoms with E-state index < -0.39 is 46.2 Å². The topological polar surface area (TPSA) is 86.8 Å². The molecule has 3 rings (SSSR count). The maximum atomic E-state index is 14.0. The Morgan fingerprint density at radius 1 is 0.905 bits per heavy atom. The summed E-state index contributed by atoms with van der Waals surface area (Å²) in [7, 11) is -4.24. The fourth-order valence-electron chi connectivity index (χ4n) is 4.22. The number of rotatable bonds is 11. The Morgan fingerprint density at radius 2 is 1.57 bits per heavy atom. The van der Waals surface area contributed by atoms with Crippen molar-refractivity contribution in [3.8, 4) is 0 Å². The molecule has 0 aliphatic carbocycles. The van der Waals surface area contributed by atoms with Crippen LogP contribution in [0.3, 0.4) is 0 Å². The van der Waals surface area contributed by atoms with Crippen LogP contribution in [-0.2, 0) is 38.8 Å². The number of anilines is 1. The molecule has 0 fully saturated rings. The van der Waals surface area contributed by atoms with Crippen molar-refractivity contribution in [2.45, 2.75) is 45.1 Å². The highest BCUT2D eigenvalue weighted by Gasteiger charge is 2.35. The summed E-state index contributed by atoms with van der Waals surface area (Å²) in [5, 5.41) is 3.28. The summed E-state index contributed by atoms with van der Waals surface area (Å²) in [5.74, 6) is -1.31. The van der Waals surface area contributed by atoms with Crippen molar-refractivity contribution in [3.63, 3.8) is 0 Å². The molecule has 0 heterocycles. The first-order valence-electron chi connectivity index (χ1n) is 12.8. The van der Waals surface area contributed by atoms with Crippen molar-refractivity contribution < 1.29 is 31.2 Å². The van der Waals surface area contributed by atoms with E-state index in [0.717, 1.165) is 24.0 Å². The van der Waals surface area contributed by atoms with Gasteiger partial charge in [-0.1, -0.05) is 65.7 Å². The van der Waals surface area contributed by atoms with Crippen LogP contribution in [0.1, 0.15) is 30.5 Å². The molecule has 0 spiro atoms. The van der Waals surface area contributed by atoms with Gasteiger partial charge < -0.3 is 10.2 Å². The molecule has 7 nitrogen and oxygen atoms in total. The molecule has 3 aromatic carbocycles. The number of nitrogens with zero attached hydrogens (tertiary/aromatic N) is 2. The van der Waals surface area contributed by atoms with Gasteiger partial charge in [-0.2, -0.15) is 13.2 Å². The number of nitrogens with one attached hydrogen (secondary N) is 1. The van der Waals surface area contributed by atoms with Crippen molar-refractivity contribution in [2.24, 2.45) is 0 Å². The van der Waals surface area contributed by atoms with Crippen LogP contribution >= 0.6 is 23.2 Å². The maximum Gasteiger partial charge on any atom is 0.416 e.